The number of esters is 1. The molecule has 1 aromatic rings. The van der Waals surface area contributed by atoms with E-state index in [0.717, 1.165) is 12.8 Å². The summed E-state index contributed by atoms with van der Waals surface area (Å²) in [5.41, 5.74) is 0.715. The number of hydrogen-bond donors (Lipinski definition) is 2. The van der Waals surface area contributed by atoms with E-state index in [-0.39, 0.29) is 17.4 Å². The van der Waals surface area contributed by atoms with Gasteiger partial charge in [-0.1, -0.05) is 19.1 Å². The van der Waals surface area contributed by atoms with Gasteiger partial charge in [-0.15, -0.1) is 0 Å². The minimum atomic E-state index is -0.725. The molecule has 2 rings (SSSR count). The van der Waals surface area contributed by atoms with Crippen LogP contribution in [0.15, 0.2) is 24.3 Å². The summed E-state index contributed by atoms with van der Waals surface area (Å²) in [5, 5.41) is 5.15. The number of nitrogens with one attached hydrogen (secondary N) is 2. The third-order valence-corrected chi connectivity index (χ3v) is 4.14. The Hall–Kier alpha value is -2.90. The molecule has 0 saturated carbocycles. The average Bonchev–Trinajstić information content (AvgIpc) is 3.09. The number of anilines is 1. The highest BCUT2D eigenvalue weighted by molar-refractivity contribution is 6.04. The lowest BCUT2D eigenvalue weighted by Gasteiger charge is -2.19. The van der Waals surface area contributed by atoms with Crippen LogP contribution in [-0.2, 0) is 19.1 Å². The standard InChI is InChI=1S/C19H25N3O5/c1-3-10-20-18(25)13(2)21-16(23)12-27-19(26)14-7-4-5-8-15(14)22-11-6-9-17(22)24/h4-5,7-8,13H,3,6,9-12H2,1-2H3,(H,20,25)(H,21,23)/t13-/m1/s1. The summed E-state index contributed by atoms with van der Waals surface area (Å²) in [6, 6.07) is 5.92. The van der Waals surface area contributed by atoms with Crippen molar-refractivity contribution in [2.75, 3.05) is 24.6 Å². The van der Waals surface area contributed by atoms with Crippen molar-refractivity contribution in [3.8, 4) is 0 Å². The summed E-state index contributed by atoms with van der Waals surface area (Å²) in [6.45, 7) is 4.05. The van der Waals surface area contributed by atoms with Gasteiger partial charge in [0.15, 0.2) is 6.61 Å². The van der Waals surface area contributed by atoms with Gasteiger partial charge in [0.1, 0.15) is 6.04 Å². The smallest absolute Gasteiger partial charge is 0.340 e. The fourth-order valence-corrected chi connectivity index (χ4v) is 2.74. The molecule has 0 bridgehead atoms. The highest BCUT2D eigenvalue weighted by Gasteiger charge is 2.26. The van der Waals surface area contributed by atoms with Gasteiger partial charge in [0.2, 0.25) is 11.8 Å². The third-order valence-electron chi connectivity index (χ3n) is 4.14. The van der Waals surface area contributed by atoms with Crippen LogP contribution in [0.3, 0.4) is 0 Å². The number of carbonyl (C=O) groups excluding carboxylic acids is 4. The van der Waals surface area contributed by atoms with Gasteiger partial charge in [-0.25, -0.2) is 4.79 Å². The van der Waals surface area contributed by atoms with E-state index in [4.69, 9.17) is 4.74 Å². The Labute approximate surface area is 158 Å². The van der Waals surface area contributed by atoms with E-state index in [9.17, 15) is 19.2 Å². The molecule has 2 N–H and O–H groups in total. The Morgan fingerprint density at radius 3 is 2.67 bits per heavy atom. The monoisotopic (exact) mass is 375 g/mol. The van der Waals surface area contributed by atoms with Crippen molar-refractivity contribution in [1.29, 1.82) is 0 Å². The molecule has 1 heterocycles. The minimum Gasteiger partial charge on any atom is -0.452 e. The SMILES string of the molecule is CCCNC(=O)[C@@H](C)NC(=O)COC(=O)c1ccccc1N1CCCC1=O. The summed E-state index contributed by atoms with van der Waals surface area (Å²) < 4.78 is 5.07. The van der Waals surface area contributed by atoms with Crippen LogP contribution in [0.25, 0.3) is 0 Å². The van der Waals surface area contributed by atoms with Gasteiger partial charge in [-0.3, -0.25) is 14.4 Å². The fourth-order valence-electron chi connectivity index (χ4n) is 2.74. The summed E-state index contributed by atoms with van der Waals surface area (Å²) >= 11 is 0. The first-order valence-corrected chi connectivity index (χ1v) is 9.07. The Bertz CT molecular complexity index is 719. The largest absolute Gasteiger partial charge is 0.452 e. The number of para-hydroxylation sites is 1. The Kier molecular flexibility index (Phi) is 7.34. The molecule has 0 spiro atoms. The van der Waals surface area contributed by atoms with Crippen molar-refractivity contribution < 1.29 is 23.9 Å². The molecule has 1 aliphatic heterocycles. The maximum absolute atomic E-state index is 12.4. The number of ether oxygens (including phenoxy) is 1. The van der Waals surface area contributed by atoms with E-state index >= 15 is 0 Å². The summed E-state index contributed by atoms with van der Waals surface area (Å²) in [5.74, 6) is -1.60. The number of hydrogen-bond acceptors (Lipinski definition) is 5. The van der Waals surface area contributed by atoms with Crippen LogP contribution in [0.5, 0.6) is 0 Å². The molecular weight excluding hydrogens is 350 g/mol. The lowest BCUT2D eigenvalue weighted by atomic mass is 10.1. The summed E-state index contributed by atoms with van der Waals surface area (Å²) in [7, 11) is 0. The highest BCUT2D eigenvalue weighted by Crippen LogP contribution is 2.25. The van der Waals surface area contributed by atoms with E-state index < -0.39 is 24.5 Å². The Morgan fingerprint density at radius 2 is 2.00 bits per heavy atom. The molecule has 1 saturated heterocycles. The van der Waals surface area contributed by atoms with Crippen LogP contribution in [0, 0.1) is 0 Å². The Morgan fingerprint density at radius 1 is 1.26 bits per heavy atom. The van der Waals surface area contributed by atoms with Crippen LogP contribution in [0.4, 0.5) is 5.69 Å². The number of nitrogens with zero attached hydrogens (tertiary/aromatic N) is 1. The normalized spacial score (nSPS) is 14.6. The molecule has 27 heavy (non-hydrogen) atoms. The number of benzene rings is 1. The molecule has 1 atom stereocenters. The minimum absolute atomic E-state index is 0.0418. The number of carbonyl (C=O) groups is 4. The molecule has 3 amide bonds. The first-order chi connectivity index (χ1) is 12.9. The topological polar surface area (TPSA) is 105 Å². The molecule has 0 unspecified atom stereocenters. The number of amides is 3. The average molecular weight is 375 g/mol. The molecule has 8 heteroatoms. The van der Waals surface area contributed by atoms with Crippen molar-refractivity contribution in [3.05, 3.63) is 29.8 Å². The molecule has 146 valence electrons. The summed E-state index contributed by atoms with van der Waals surface area (Å²) in [6.07, 6.45) is 1.98. The van der Waals surface area contributed by atoms with Gasteiger partial charge >= 0.3 is 5.97 Å². The van der Waals surface area contributed by atoms with Gasteiger partial charge in [0.05, 0.1) is 11.3 Å². The van der Waals surface area contributed by atoms with Crippen molar-refractivity contribution >= 4 is 29.4 Å². The number of rotatable bonds is 8. The van der Waals surface area contributed by atoms with E-state index in [1.54, 1.807) is 36.1 Å². The molecule has 1 fully saturated rings. The molecule has 0 aromatic heterocycles. The van der Waals surface area contributed by atoms with Crippen molar-refractivity contribution in [2.24, 2.45) is 0 Å². The maximum atomic E-state index is 12.4. The maximum Gasteiger partial charge on any atom is 0.340 e. The van der Waals surface area contributed by atoms with Crippen LogP contribution in [-0.4, -0.2) is 49.4 Å². The van der Waals surface area contributed by atoms with Gasteiger partial charge in [-0.2, -0.15) is 0 Å². The van der Waals surface area contributed by atoms with Gasteiger partial charge < -0.3 is 20.3 Å². The van der Waals surface area contributed by atoms with Crippen LogP contribution in [0.1, 0.15) is 43.5 Å². The second-order valence-corrected chi connectivity index (χ2v) is 6.32. The summed E-state index contributed by atoms with van der Waals surface area (Å²) in [4.78, 5) is 49.6. The van der Waals surface area contributed by atoms with Crippen LogP contribution in [0.2, 0.25) is 0 Å². The van der Waals surface area contributed by atoms with Crippen LogP contribution >= 0.6 is 0 Å². The lowest BCUT2D eigenvalue weighted by Crippen LogP contribution is -2.46. The molecule has 1 aliphatic rings. The molecule has 8 nitrogen and oxygen atoms in total. The first kappa shape index (κ1) is 20.4. The Balaban J connectivity index is 1.91. The zero-order chi connectivity index (χ0) is 19.8. The fraction of sp³-hybridized carbons (Fsp3) is 0.474. The van der Waals surface area contributed by atoms with E-state index in [1.165, 1.54) is 0 Å². The predicted molar refractivity (Wildman–Crippen MR) is 99.2 cm³/mol. The quantitative estimate of drug-likeness (QED) is 0.660. The van der Waals surface area contributed by atoms with E-state index in [0.29, 0.717) is 25.2 Å². The second kappa shape index (κ2) is 9.70. The molecular formula is C19H25N3O5. The zero-order valence-corrected chi connectivity index (χ0v) is 15.6. The molecule has 1 aromatic carbocycles. The van der Waals surface area contributed by atoms with Gasteiger partial charge in [0, 0.05) is 19.5 Å². The van der Waals surface area contributed by atoms with Gasteiger partial charge in [0.25, 0.3) is 5.91 Å². The second-order valence-electron chi connectivity index (χ2n) is 6.32. The van der Waals surface area contributed by atoms with Crippen molar-refractivity contribution in [3.63, 3.8) is 0 Å². The predicted octanol–water partition coefficient (Wildman–Crippen LogP) is 1.00. The van der Waals surface area contributed by atoms with Crippen molar-refractivity contribution in [1.82, 2.24) is 10.6 Å². The lowest BCUT2D eigenvalue weighted by molar-refractivity contribution is -0.130. The van der Waals surface area contributed by atoms with Gasteiger partial charge in [-0.05, 0) is 31.9 Å². The zero-order valence-electron chi connectivity index (χ0n) is 15.6. The molecule has 0 aliphatic carbocycles. The van der Waals surface area contributed by atoms with Crippen LogP contribution < -0.4 is 15.5 Å². The first-order valence-electron chi connectivity index (χ1n) is 9.07. The van der Waals surface area contributed by atoms with Crippen molar-refractivity contribution in [2.45, 2.75) is 39.2 Å². The van der Waals surface area contributed by atoms with E-state index in [2.05, 4.69) is 10.6 Å². The highest BCUT2D eigenvalue weighted by atomic mass is 16.5. The third kappa shape index (κ3) is 5.54. The molecule has 0 radical (unpaired) electrons. The van der Waals surface area contributed by atoms with E-state index in [1.807, 2.05) is 6.92 Å².